The van der Waals surface area contributed by atoms with Gasteiger partial charge in [-0.1, -0.05) is 42.5 Å². The van der Waals surface area contributed by atoms with E-state index in [0.717, 1.165) is 16.8 Å². The van der Waals surface area contributed by atoms with Crippen molar-refractivity contribution >= 4 is 17.6 Å². The number of carbonyl (C=O) groups is 2. The van der Waals surface area contributed by atoms with Crippen LogP contribution in [-0.4, -0.2) is 53.5 Å². The molecule has 2 aromatic carbocycles. The van der Waals surface area contributed by atoms with Gasteiger partial charge in [-0.3, -0.25) is 14.9 Å². The molecule has 0 bridgehead atoms. The predicted octanol–water partition coefficient (Wildman–Crippen LogP) is 3.21. The van der Waals surface area contributed by atoms with Gasteiger partial charge in [0, 0.05) is 18.8 Å². The van der Waals surface area contributed by atoms with Crippen LogP contribution in [0.25, 0.3) is 11.1 Å². The molecule has 3 N–H and O–H groups in total. The quantitative estimate of drug-likeness (QED) is 0.432. The fraction of sp³-hybridized carbons (Fsp3) is 0.440. The third kappa shape index (κ3) is 6.08. The first-order valence-corrected chi connectivity index (χ1v) is 11.1. The maximum absolute atomic E-state index is 13.0. The average molecular weight is 440 g/mol. The van der Waals surface area contributed by atoms with Gasteiger partial charge in [-0.05, 0) is 56.9 Å². The summed E-state index contributed by atoms with van der Waals surface area (Å²) in [5.41, 5.74) is 1.97. The lowest BCUT2D eigenvalue weighted by Crippen LogP contribution is -2.59. The molecule has 0 aliphatic carbocycles. The van der Waals surface area contributed by atoms with Crippen LogP contribution in [0.2, 0.25) is 0 Å². The standard InChI is InChI=1S/C25H33N3O4/c1-4-32-22(29)20-14-16-28(17-15-20)23(30)25(2,3)27-24(31)26-21-12-10-19(11-13-21)18-8-6-5-7-9-18/h5-13,20,24,26-27,31H,4,14-17H2,1-3H3. The molecule has 1 aliphatic rings. The number of piperidine rings is 1. The van der Waals surface area contributed by atoms with E-state index in [4.69, 9.17) is 4.74 Å². The first kappa shape index (κ1) is 23.8. The fourth-order valence-electron chi connectivity index (χ4n) is 3.96. The summed E-state index contributed by atoms with van der Waals surface area (Å²) >= 11 is 0. The van der Waals surface area contributed by atoms with Gasteiger partial charge in [0.05, 0.1) is 18.1 Å². The van der Waals surface area contributed by atoms with E-state index in [1.165, 1.54) is 0 Å². The summed E-state index contributed by atoms with van der Waals surface area (Å²) in [6.45, 7) is 6.65. The van der Waals surface area contributed by atoms with Gasteiger partial charge in [0.25, 0.3) is 0 Å². The molecule has 3 rings (SSSR count). The number of rotatable bonds is 8. The van der Waals surface area contributed by atoms with Crippen LogP contribution in [0.3, 0.4) is 0 Å². The summed E-state index contributed by atoms with van der Waals surface area (Å²) in [5, 5.41) is 16.4. The van der Waals surface area contributed by atoms with Gasteiger partial charge >= 0.3 is 5.97 Å². The van der Waals surface area contributed by atoms with E-state index in [0.29, 0.717) is 32.5 Å². The summed E-state index contributed by atoms with van der Waals surface area (Å²) in [5.74, 6) is -0.448. The number of aliphatic hydroxyl groups is 1. The monoisotopic (exact) mass is 439 g/mol. The van der Waals surface area contributed by atoms with Crippen LogP contribution in [0, 0.1) is 5.92 Å². The second-order valence-electron chi connectivity index (χ2n) is 8.58. The zero-order valence-electron chi connectivity index (χ0n) is 19.0. The van der Waals surface area contributed by atoms with Crippen molar-refractivity contribution in [2.75, 3.05) is 25.0 Å². The summed E-state index contributed by atoms with van der Waals surface area (Å²) in [4.78, 5) is 26.7. The molecule has 172 valence electrons. The molecule has 7 heteroatoms. The molecule has 1 amide bonds. The number of likely N-dealkylation sites (tertiary alicyclic amines) is 1. The SMILES string of the molecule is CCOC(=O)C1CCN(C(=O)C(C)(C)NC(O)Nc2ccc(-c3ccccc3)cc2)CC1. The molecule has 1 aliphatic heterocycles. The number of hydrogen-bond acceptors (Lipinski definition) is 6. The number of anilines is 1. The second-order valence-corrected chi connectivity index (χ2v) is 8.58. The van der Waals surface area contributed by atoms with Crippen molar-refractivity contribution in [2.24, 2.45) is 5.92 Å². The van der Waals surface area contributed by atoms with Crippen molar-refractivity contribution in [3.05, 3.63) is 54.6 Å². The normalized spacial score (nSPS) is 15.8. The van der Waals surface area contributed by atoms with E-state index in [-0.39, 0.29) is 17.8 Å². The second kappa shape index (κ2) is 10.6. The van der Waals surface area contributed by atoms with Gasteiger partial charge in [-0.2, -0.15) is 0 Å². The van der Waals surface area contributed by atoms with Crippen molar-refractivity contribution in [1.82, 2.24) is 10.2 Å². The van der Waals surface area contributed by atoms with Gasteiger partial charge < -0.3 is 20.1 Å². The highest BCUT2D eigenvalue weighted by molar-refractivity contribution is 5.86. The van der Waals surface area contributed by atoms with Crippen molar-refractivity contribution in [2.45, 2.75) is 45.5 Å². The lowest BCUT2D eigenvalue weighted by Gasteiger charge is -2.37. The van der Waals surface area contributed by atoms with E-state index in [2.05, 4.69) is 10.6 Å². The number of benzene rings is 2. The Balaban J connectivity index is 1.52. The maximum Gasteiger partial charge on any atom is 0.309 e. The molecule has 1 fully saturated rings. The number of hydrogen-bond donors (Lipinski definition) is 3. The van der Waals surface area contributed by atoms with Crippen molar-refractivity contribution < 1.29 is 19.4 Å². The molecule has 7 nitrogen and oxygen atoms in total. The van der Waals surface area contributed by atoms with Gasteiger partial charge in [-0.25, -0.2) is 0 Å². The van der Waals surface area contributed by atoms with Crippen LogP contribution in [0.4, 0.5) is 5.69 Å². The number of carbonyl (C=O) groups excluding carboxylic acids is 2. The minimum absolute atomic E-state index is 0.111. The Morgan fingerprint density at radius 2 is 1.66 bits per heavy atom. The van der Waals surface area contributed by atoms with Gasteiger partial charge in [0.2, 0.25) is 5.91 Å². The van der Waals surface area contributed by atoms with Gasteiger partial charge in [0.15, 0.2) is 6.35 Å². The van der Waals surface area contributed by atoms with Crippen molar-refractivity contribution in [3.63, 3.8) is 0 Å². The average Bonchev–Trinajstić information content (AvgIpc) is 2.79. The number of esters is 1. The minimum Gasteiger partial charge on any atom is -0.466 e. The first-order chi connectivity index (χ1) is 15.3. The molecule has 1 saturated heterocycles. The van der Waals surface area contributed by atoms with Crippen LogP contribution in [-0.2, 0) is 14.3 Å². The lowest BCUT2D eigenvalue weighted by molar-refractivity contribution is -0.152. The zero-order chi connectivity index (χ0) is 23.1. The third-order valence-corrected chi connectivity index (χ3v) is 5.73. The van der Waals surface area contributed by atoms with Crippen molar-refractivity contribution in [1.29, 1.82) is 0 Å². The van der Waals surface area contributed by atoms with Crippen LogP contribution < -0.4 is 10.6 Å². The lowest BCUT2D eigenvalue weighted by atomic mass is 9.94. The molecule has 0 spiro atoms. The van der Waals surface area contributed by atoms with Gasteiger partial charge in [-0.15, -0.1) is 0 Å². The Kier molecular flexibility index (Phi) is 7.88. The Morgan fingerprint density at radius 1 is 1.06 bits per heavy atom. The van der Waals surface area contributed by atoms with E-state index in [1.54, 1.807) is 25.7 Å². The number of ether oxygens (including phenoxy) is 1. The Labute approximate surface area is 189 Å². The minimum atomic E-state index is -1.10. The highest BCUT2D eigenvalue weighted by atomic mass is 16.5. The first-order valence-electron chi connectivity index (χ1n) is 11.1. The number of amides is 1. The van der Waals surface area contributed by atoms with E-state index >= 15 is 0 Å². The highest BCUT2D eigenvalue weighted by Gasteiger charge is 2.36. The number of aliphatic hydroxyl groups excluding tert-OH is 1. The smallest absolute Gasteiger partial charge is 0.309 e. The Bertz CT molecular complexity index is 891. The van der Waals surface area contributed by atoms with E-state index < -0.39 is 11.9 Å². The molecule has 2 aromatic rings. The zero-order valence-corrected chi connectivity index (χ0v) is 19.0. The molecule has 32 heavy (non-hydrogen) atoms. The summed E-state index contributed by atoms with van der Waals surface area (Å²) in [6.07, 6.45) is 0.0818. The summed E-state index contributed by atoms with van der Waals surface area (Å²) < 4.78 is 5.09. The Morgan fingerprint density at radius 3 is 2.25 bits per heavy atom. The third-order valence-electron chi connectivity index (χ3n) is 5.73. The van der Waals surface area contributed by atoms with Crippen LogP contribution in [0.15, 0.2) is 54.6 Å². The summed E-state index contributed by atoms with van der Waals surface area (Å²) in [7, 11) is 0. The van der Waals surface area contributed by atoms with Gasteiger partial charge in [0.1, 0.15) is 0 Å². The Hall–Kier alpha value is -2.90. The molecule has 1 unspecified atom stereocenters. The van der Waals surface area contributed by atoms with Crippen LogP contribution in [0.5, 0.6) is 0 Å². The molecular formula is C25H33N3O4. The fourth-order valence-corrected chi connectivity index (χ4v) is 3.96. The predicted molar refractivity (Wildman–Crippen MR) is 125 cm³/mol. The highest BCUT2D eigenvalue weighted by Crippen LogP contribution is 2.23. The topological polar surface area (TPSA) is 90.9 Å². The maximum atomic E-state index is 13.0. The van der Waals surface area contributed by atoms with Crippen molar-refractivity contribution in [3.8, 4) is 11.1 Å². The molecule has 0 aromatic heterocycles. The van der Waals surface area contributed by atoms with E-state index in [9.17, 15) is 14.7 Å². The van der Waals surface area contributed by atoms with E-state index in [1.807, 2.05) is 54.6 Å². The number of nitrogens with zero attached hydrogens (tertiary/aromatic N) is 1. The number of nitrogens with one attached hydrogen (secondary N) is 2. The largest absolute Gasteiger partial charge is 0.466 e. The van der Waals surface area contributed by atoms with Crippen LogP contribution in [0.1, 0.15) is 33.6 Å². The summed E-state index contributed by atoms with van der Waals surface area (Å²) in [6, 6.07) is 17.8. The molecule has 1 heterocycles. The molecular weight excluding hydrogens is 406 g/mol. The van der Waals surface area contributed by atoms with Crippen LogP contribution >= 0.6 is 0 Å². The molecule has 1 atom stereocenters. The molecule has 0 saturated carbocycles. The molecule has 0 radical (unpaired) electrons.